The van der Waals surface area contributed by atoms with E-state index >= 15 is 0 Å². The maximum atomic E-state index is 8.52. The lowest BCUT2D eigenvalue weighted by atomic mass is 10.2. The zero-order valence-corrected chi connectivity index (χ0v) is 7.35. The first-order chi connectivity index (χ1) is 5.35. The van der Waals surface area contributed by atoms with Crippen LogP contribution in [0.3, 0.4) is 0 Å². The molecule has 0 bridgehead atoms. The number of hydrogen-bond acceptors (Lipinski definition) is 2. The van der Waals surface area contributed by atoms with Crippen LogP contribution in [0.5, 0.6) is 0 Å². The molecule has 2 nitrogen and oxygen atoms in total. The van der Waals surface area contributed by atoms with Crippen LogP contribution in [0.4, 0.5) is 0 Å². The molecule has 11 heavy (non-hydrogen) atoms. The molecule has 0 aromatic rings. The van der Waals surface area contributed by atoms with Gasteiger partial charge in [0.15, 0.2) is 0 Å². The van der Waals surface area contributed by atoms with E-state index in [4.69, 9.17) is 5.26 Å². The van der Waals surface area contributed by atoms with Crippen molar-refractivity contribution in [2.24, 2.45) is 0 Å². The molecule has 62 valence electrons. The largest absolute Gasteiger partial charge is 0.312 e. The van der Waals surface area contributed by atoms with Gasteiger partial charge in [0, 0.05) is 12.1 Å². The highest BCUT2D eigenvalue weighted by atomic mass is 14.8. The molecule has 0 aromatic heterocycles. The fraction of sp³-hybridized carbons (Fsp3) is 0.667. The first-order valence-electron chi connectivity index (χ1n) is 4.11. The number of rotatable bonds is 5. The van der Waals surface area contributed by atoms with E-state index in [1.807, 2.05) is 13.0 Å². The van der Waals surface area contributed by atoms with Crippen molar-refractivity contribution >= 4 is 0 Å². The molecule has 1 N–H and O–H groups in total. The van der Waals surface area contributed by atoms with Crippen LogP contribution in [0.25, 0.3) is 0 Å². The van der Waals surface area contributed by atoms with Crippen molar-refractivity contribution in [3.8, 4) is 6.07 Å². The Bertz CT molecular complexity index is 153. The second-order valence-corrected chi connectivity index (χ2v) is 2.46. The molecule has 0 atom stereocenters. The molecule has 0 heterocycles. The summed E-state index contributed by atoms with van der Waals surface area (Å²) in [5.74, 6) is 0. The van der Waals surface area contributed by atoms with Crippen LogP contribution in [0.15, 0.2) is 11.6 Å². The predicted octanol–water partition coefficient (Wildman–Crippen LogP) is 1.85. The van der Waals surface area contributed by atoms with Gasteiger partial charge >= 0.3 is 0 Å². The molecule has 0 saturated heterocycles. The molecule has 0 aromatic carbocycles. The molecular weight excluding hydrogens is 136 g/mol. The summed E-state index contributed by atoms with van der Waals surface area (Å²) in [6, 6.07) is 2.13. The molecule has 0 unspecified atom stereocenters. The highest BCUT2D eigenvalue weighted by Gasteiger charge is 1.90. The summed E-state index contributed by atoms with van der Waals surface area (Å²) in [5.41, 5.74) is 0.820. The van der Waals surface area contributed by atoms with Gasteiger partial charge in [-0.25, -0.2) is 0 Å². The number of nitrogens with zero attached hydrogens (tertiary/aromatic N) is 1. The SMILES string of the molecule is C/C=C(/C#N)CNCCCC. The Morgan fingerprint density at radius 3 is 2.82 bits per heavy atom. The van der Waals surface area contributed by atoms with Gasteiger partial charge in [-0.3, -0.25) is 0 Å². The van der Waals surface area contributed by atoms with E-state index in [1.165, 1.54) is 12.8 Å². The summed E-state index contributed by atoms with van der Waals surface area (Å²) in [6.45, 7) is 5.77. The lowest BCUT2D eigenvalue weighted by Gasteiger charge is -2.00. The average molecular weight is 152 g/mol. The lowest BCUT2D eigenvalue weighted by Crippen LogP contribution is -2.17. The number of allylic oxidation sites excluding steroid dienone is 1. The third-order valence-corrected chi connectivity index (χ3v) is 1.51. The van der Waals surface area contributed by atoms with Crippen LogP contribution in [0, 0.1) is 11.3 Å². The number of nitrogens with one attached hydrogen (secondary N) is 1. The highest BCUT2D eigenvalue weighted by Crippen LogP contribution is 1.89. The van der Waals surface area contributed by atoms with Crippen molar-refractivity contribution < 1.29 is 0 Å². The zero-order valence-electron chi connectivity index (χ0n) is 7.35. The normalized spacial score (nSPS) is 11.2. The minimum atomic E-state index is 0.715. The van der Waals surface area contributed by atoms with E-state index in [0.29, 0.717) is 6.54 Å². The predicted molar refractivity (Wildman–Crippen MR) is 47.1 cm³/mol. The van der Waals surface area contributed by atoms with Gasteiger partial charge in [0.2, 0.25) is 0 Å². The van der Waals surface area contributed by atoms with Crippen LogP contribution < -0.4 is 5.32 Å². The van der Waals surface area contributed by atoms with Gasteiger partial charge in [0.25, 0.3) is 0 Å². The van der Waals surface area contributed by atoms with Crippen molar-refractivity contribution in [1.82, 2.24) is 5.32 Å². The Labute approximate surface area is 68.9 Å². The van der Waals surface area contributed by atoms with Crippen LogP contribution in [-0.4, -0.2) is 13.1 Å². The van der Waals surface area contributed by atoms with Gasteiger partial charge in [0.05, 0.1) is 6.07 Å². The molecule has 0 aliphatic rings. The van der Waals surface area contributed by atoms with Crippen LogP contribution in [0.1, 0.15) is 26.7 Å². The van der Waals surface area contributed by atoms with Gasteiger partial charge in [0.1, 0.15) is 0 Å². The van der Waals surface area contributed by atoms with Gasteiger partial charge < -0.3 is 5.32 Å². The zero-order chi connectivity index (χ0) is 8.53. The topological polar surface area (TPSA) is 35.8 Å². The maximum Gasteiger partial charge on any atom is 0.0957 e. The van der Waals surface area contributed by atoms with E-state index in [9.17, 15) is 0 Å². The van der Waals surface area contributed by atoms with Crippen molar-refractivity contribution in [3.05, 3.63) is 11.6 Å². The Morgan fingerprint density at radius 2 is 2.36 bits per heavy atom. The second-order valence-electron chi connectivity index (χ2n) is 2.46. The van der Waals surface area contributed by atoms with Crippen molar-refractivity contribution in [3.63, 3.8) is 0 Å². The Morgan fingerprint density at radius 1 is 1.64 bits per heavy atom. The Balaban J connectivity index is 3.32. The quantitative estimate of drug-likeness (QED) is 0.482. The van der Waals surface area contributed by atoms with E-state index in [0.717, 1.165) is 12.1 Å². The van der Waals surface area contributed by atoms with Crippen molar-refractivity contribution in [2.45, 2.75) is 26.7 Å². The van der Waals surface area contributed by atoms with Gasteiger partial charge in [-0.15, -0.1) is 0 Å². The van der Waals surface area contributed by atoms with E-state index in [-0.39, 0.29) is 0 Å². The van der Waals surface area contributed by atoms with Crippen molar-refractivity contribution in [1.29, 1.82) is 5.26 Å². The summed E-state index contributed by atoms with van der Waals surface area (Å²) in [7, 11) is 0. The summed E-state index contributed by atoms with van der Waals surface area (Å²) in [6.07, 6.45) is 4.23. The Kier molecular flexibility index (Phi) is 6.76. The maximum absolute atomic E-state index is 8.52. The molecule has 0 amide bonds. The smallest absolute Gasteiger partial charge is 0.0957 e. The van der Waals surface area contributed by atoms with Gasteiger partial charge in [-0.2, -0.15) is 5.26 Å². The summed E-state index contributed by atoms with van der Waals surface area (Å²) < 4.78 is 0. The van der Waals surface area contributed by atoms with Crippen LogP contribution >= 0.6 is 0 Å². The molecule has 0 aliphatic carbocycles. The first-order valence-corrected chi connectivity index (χ1v) is 4.11. The molecule has 0 saturated carbocycles. The fourth-order valence-electron chi connectivity index (χ4n) is 0.731. The average Bonchev–Trinajstić information content (AvgIpc) is 2.05. The van der Waals surface area contributed by atoms with Crippen LogP contribution in [0.2, 0.25) is 0 Å². The number of unbranched alkanes of at least 4 members (excludes halogenated alkanes) is 1. The molecule has 0 rings (SSSR count). The lowest BCUT2D eigenvalue weighted by molar-refractivity contribution is 0.675. The summed E-state index contributed by atoms with van der Waals surface area (Å²) in [4.78, 5) is 0. The molecule has 0 fully saturated rings. The second kappa shape index (κ2) is 7.30. The van der Waals surface area contributed by atoms with E-state index < -0.39 is 0 Å². The van der Waals surface area contributed by atoms with E-state index in [2.05, 4.69) is 18.3 Å². The summed E-state index contributed by atoms with van der Waals surface area (Å²) >= 11 is 0. The van der Waals surface area contributed by atoms with E-state index in [1.54, 1.807) is 0 Å². The fourth-order valence-corrected chi connectivity index (χ4v) is 0.731. The summed E-state index contributed by atoms with van der Waals surface area (Å²) in [5, 5.41) is 11.7. The molecular formula is C9H16N2. The van der Waals surface area contributed by atoms with Crippen LogP contribution in [-0.2, 0) is 0 Å². The molecule has 0 radical (unpaired) electrons. The standard InChI is InChI=1S/C9H16N2/c1-3-5-6-11-8-9(4-2)7-10/h4,11H,3,5-6,8H2,1-2H3/b9-4-. The molecule has 0 spiro atoms. The highest BCUT2D eigenvalue weighted by molar-refractivity contribution is 5.20. The van der Waals surface area contributed by atoms with Gasteiger partial charge in [-0.1, -0.05) is 19.4 Å². The van der Waals surface area contributed by atoms with Crippen molar-refractivity contribution in [2.75, 3.05) is 13.1 Å². The first kappa shape index (κ1) is 10.2. The minimum Gasteiger partial charge on any atom is -0.312 e. The third-order valence-electron chi connectivity index (χ3n) is 1.51. The monoisotopic (exact) mass is 152 g/mol. The third kappa shape index (κ3) is 5.63. The Hall–Kier alpha value is -0.810. The molecule has 0 aliphatic heterocycles. The number of nitriles is 1. The molecule has 2 heteroatoms. The van der Waals surface area contributed by atoms with Gasteiger partial charge in [-0.05, 0) is 19.9 Å². The number of hydrogen-bond donors (Lipinski definition) is 1. The minimum absolute atomic E-state index is 0.715.